The fourth-order valence-corrected chi connectivity index (χ4v) is 1.92. The van der Waals surface area contributed by atoms with Crippen molar-refractivity contribution in [2.75, 3.05) is 11.5 Å². The Morgan fingerprint density at radius 3 is 2.57 bits per heavy atom. The fourth-order valence-electron chi connectivity index (χ4n) is 1.00. The number of nitrogens with zero attached hydrogens (tertiary/aromatic N) is 1. The molecule has 1 aromatic rings. The van der Waals surface area contributed by atoms with E-state index in [4.69, 9.17) is 11.0 Å². The predicted molar refractivity (Wildman–Crippen MR) is 53.3 cm³/mol. The van der Waals surface area contributed by atoms with Crippen LogP contribution in [0.25, 0.3) is 0 Å². The first-order valence-electron chi connectivity index (χ1n) is 4.03. The van der Waals surface area contributed by atoms with E-state index >= 15 is 0 Å². The highest BCUT2D eigenvalue weighted by atomic mass is 32.2. The zero-order valence-corrected chi connectivity index (χ0v) is 8.50. The molecule has 4 nitrogen and oxygen atoms in total. The molecule has 0 aliphatic heterocycles. The van der Waals surface area contributed by atoms with Gasteiger partial charge in [0.25, 0.3) is 0 Å². The monoisotopic (exact) mass is 210 g/mol. The number of nitrogen functional groups attached to an aromatic ring is 1. The lowest BCUT2D eigenvalue weighted by atomic mass is 10.2. The minimum Gasteiger partial charge on any atom is -0.398 e. The molecule has 0 aliphatic carbocycles. The summed E-state index contributed by atoms with van der Waals surface area (Å²) in [7, 11) is -3.24. The third-order valence-electron chi connectivity index (χ3n) is 1.88. The highest BCUT2D eigenvalue weighted by Crippen LogP contribution is 2.18. The first-order valence-corrected chi connectivity index (χ1v) is 5.69. The average Bonchev–Trinajstić information content (AvgIpc) is 2.17. The van der Waals surface area contributed by atoms with E-state index in [1.54, 1.807) is 6.92 Å². The van der Waals surface area contributed by atoms with Crippen molar-refractivity contribution >= 4 is 15.5 Å². The van der Waals surface area contributed by atoms with Crippen LogP contribution < -0.4 is 5.73 Å². The van der Waals surface area contributed by atoms with Crippen molar-refractivity contribution in [3.05, 3.63) is 23.8 Å². The molecule has 1 aromatic carbocycles. The number of sulfone groups is 1. The number of hydrogen-bond acceptors (Lipinski definition) is 4. The van der Waals surface area contributed by atoms with Crippen LogP contribution in [0, 0.1) is 11.3 Å². The number of benzene rings is 1. The topological polar surface area (TPSA) is 84.0 Å². The Hall–Kier alpha value is -1.54. The maximum Gasteiger partial charge on any atom is 0.178 e. The maximum absolute atomic E-state index is 11.4. The lowest BCUT2D eigenvalue weighted by Gasteiger charge is -2.03. The fraction of sp³-hybridized carbons (Fsp3) is 0.222. The van der Waals surface area contributed by atoms with E-state index in [0.29, 0.717) is 5.56 Å². The van der Waals surface area contributed by atoms with Crippen LogP contribution in [0.5, 0.6) is 0 Å². The van der Waals surface area contributed by atoms with E-state index in [1.165, 1.54) is 18.2 Å². The van der Waals surface area contributed by atoms with Gasteiger partial charge in [-0.25, -0.2) is 8.42 Å². The molecule has 0 aromatic heterocycles. The van der Waals surface area contributed by atoms with Gasteiger partial charge < -0.3 is 5.73 Å². The number of hydrogen-bond donors (Lipinski definition) is 1. The first-order chi connectivity index (χ1) is 6.51. The second kappa shape index (κ2) is 3.68. The van der Waals surface area contributed by atoms with Crippen LogP contribution >= 0.6 is 0 Å². The van der Waals surface area contributed by atoms with E-state index in [0.717, 1.165) is 0 Å². The third kappa shape index (κ3) is 1.86. The second-order valence-electron chi connectivity index (χ2n) is 2.76. The number of anilines is 1. The largest absolute Gasteiger partial charge is 0.398 e. The molecule has 0 saturated heterocycles. The Morgan fingerprint density at radius 2 is 2.14 bits per heavy atom. The second-order valence-corrected chi connectivity index (χ2v) is 5.04. The molecule has 1 rings (SSSR count). The quantitative estimate of drug-likeness (QED) is 0.736. The summed E-state index contributed by atoms with van der Waals surface area (Å²) in [4.78, 5) is 0.163. The standard InChI is InChI=1S/C9H10N2O2S/c1-2-14(12,13)8-4-3-7(6-10)9(11)5-8/h3-5H,2,11H2,1H3. The molecule has 0 aliphatic rings. The summed E-state index contributed by atoms with van der Waals surface area (Å²) < 4.78 is 22.8. The van der Waals surface area contributed by atoms with Gasteiger partial charge >= 0.3 is 0 Å². The van der Waals surface area contributed by atoms with Crippen LogP contribution in [0.3, 0.4) is 0 Å². The van der Waals surface area contributed by atoms with E-state index < -0.39 is 9.84 Å². The summed E-state index contributed by atoms with van der Waals surface area (Å²) in [6, 6.07) is 6.00. The molecule has 0 saturated carbocycles. The van der Waals surface area contributed by atoms with Crippen molar-refractivity contribution in [2.45, 2.75) is 11.8 Å². The lowest BCUT2D eigenvalue weighted by molar-refractivity contribution is 0.597. The van der Waals surface area contributed by atoms with Crippen LogP contribution in [-0.2, 0) is 9.84 Å². The van der Waals surface area contributed by atoms with Gasteiger partial charge in [0.2, 0.25) is 0 Å². The van der Waals surface area contributed by atoms with Gasteiger partial charge in [0, 0.05) is 0 Å². The first kappa shape index (κ1) is 10.5. The van der Waals surface area contributed by atoms with Gasteiger partial charge in [-0.2, -0.15) is 5.26 Å². The van der Waals surface area contributed by atoms with Gasteiger partial charge in [-0.05, 0) is 18.2 Å². The molecule has 74 valence electrons. The molecule has 14 heavy (non-hydrogen) atoms. The van der Waals surface area contributed by atoms with Crippen molar-refractivity contribution in [3.8, 4) is 6.07 Å². The van der Waals surface area contributed by atoms with Crippen LogP contribution in [0.1, 0.15) is 12.5 Å². The van der Waals surface area contributed by atoms with E-state index in [-0.39, 0.29) is 16.3 Å². The Bertz CT molecular complexity index is 486. The van der Waals surface area contributed by atoms with Gasteiger partial charge in [-0.15, -0.1) is 0 Å². The molecular weight excluding hydrogens is 200 g/mol. The van der Waals surface area contributed by atoms with Gasteiger partial charge in [0.05, 0.1) is 21.9 Å². The normalized spacial score (nSPS) is 10.9. The molecule has 0 atom stereocenters. The molecule has 0 fully saturated rings. The molecule has 5 heteroatoms. The minimum atomic E-state index is -3.24. The molecule has 0 amide bonds. The van der Waals surface area contributed by atoms with Crippen molar-refractivity contribution < 1.29 is 8.42 Å². The Balaban J connectivity index is 3.31. The summed E-state index contributed by atoms with van der Waals surface area (Å²) in [5.74, 6) is 0.0261. The summed E-state index contributed by atoms with van der Waals surface area (Å²) in [5, 5.41) is 8.59. The highest BCUT2D eigenvalue weighted by molar-refractivity contribution is 7.91. The Labute approximate surface area is 82.9 Å². The third-order valence-corrected chi connectivity index (χ3v) is 3.61. The summed E-state index contributed by atoms with van der Waals surface area (Å²) in [5.41, 5.74) is 5.98. The number of nitrogens with two attached hydrogens (primary N) is 1. The Morgan fingerprint density at radius 1 is 1.50 bits per heavy atom. The zero-order chi connectivity index (χ0) is 10.8. The minimum absolute atomic E-state index is 0.0261. The predicted octanol–water partition coefficient (Wildman–Crippen LogP) is 0.934. The number of rotatable bonds is 2. The van der Waals surface area contributed by atoms with Crippen LogP contribution in [0.4, 0.5) is 5.69 Å². The summed E-state index contributed by atoms with van der Waals surface area (Å²) >= 11 is 0. The molecule has 0 radical (unpaired) electrons. The van der Waals surface area contributed by atoms with Crippen LogP contribution in [0.15, 0.2) is 23.1 Å². The van der Waals surface area contributed by atoms with Crippen LogP contribution in [0.2, 0.25) is 0 Å². The van der Waals surface area contributed by atoms with Gasteiger partial charge in [0.1, 0.15) is 6.07 Å². The smallest absolute Gasteiger partial charge is 0.178 e. The molecule has 0 unspecified atom stereocenters. The van der Waals surface area contributed by atoms with Crippen molar-refractivity contribution in [1.29, 1.82) is 5.26 Å². The summed E-state index contributed by atoms with van der Waals surface area (Å²) in [6.07, 6.45) is 0. The molecule has 0 bridgehead atoms. The van der Waals surface area contributed by atoms with Crippen LogP contribution in [-0.4, -0.2) is 14.2 Å². The molecule has 0 heterocycles. The molecular formula is C9H10N2O2S. The molecule has 2 N–H and O–H groups in total. The van der Waals surface area contributed by atoms with E-state index in [9.17, 15) is 8.42 Å². The zero-order valence-electron chi connectivity index (χ0n) is 7.69. The van der Waals surface area contributed by atoms with Crippen molar-refractivity contribution in [3.63, 3.8) is 0 Å². The van der Waals surface area contributed by atoms with E-state index in [2.05, 4.69) is 0 Å². The molecule has 0 spiro atoms. The van der Waals surface area contributed by atoms with Crippen molar-refractivity contribution in [1.82, 2.24) is 0 Å². The van der Waals surface area contributed by atoms with Crippen molar-refractivity contribution in [2.24, 2.45) is 0 Å². The highest BCUT2D eigenvalue weighted by Gasteiger charge is 2.12. The Kier molecular flexibility index (Phi) is 2.77. The lowest BCUT2D eigenvalue weighted by Crippen LogP contribution is -2.04. The summed E-state index contributed by atoms with van der Waals surface area (Å²) in [6.45, 7) is 1.56. The number of nitriles is 1. The SMILES string of the molecule is CCS(=O)(=O)c1ccc(C#N)c(N)c1. The average molecular weight is 210 g/mol. The maximum atomic E-state index is 11.4. The van der Waals surface area contributed by atoms with Gasteiger partial charge in [-0.1, -0.05) is 6.92 Å². The van der Waals surface area contributed by atoms with Gasteiger partial charge in [-0.3, -0.25) is 0 Å². The van der Waals surface area contributed by atoms with Gasteiger partial charge in [0.15, 0.2) is 9.84 Å². The van der Waals surface area contributed by atoms with E-state index in [1.807, 2.05) is 6.07 Å².